The van der Waals surface area contributed by atoms with Crippen LogP contribution in [0, 0.1) is 5.92 Å². The third kappa shape index (κ3) is 3.79. The first-order chi connectivity index (χ1) is 8.74. The highest BCUT2D eigenvalue weighted by atomic mass is 16.5. The zero-order chi connectivity index (χ0) is 12.8. The van der Waals surface area contributed by atoms with Crippen LogP contribution in [0.15, 0.2) is 0 Å². The molecule has 3 heteroatoms. The molecule has 104 valence electrons. The van der Waals surface area contributed by atoms with E-state index in [-0.39, 0.29) is 5.54 Å². The molecule has 1 saturated carbocycles. The van der Waals surface area contributed by atoms with E-state index >= 15 is 0 Å². The lowest BCUT2D eigenvalue weighted by molar-refractivity contribution is -0.122. The van der Waals surface area contributed by atoms with E-state index in [0.717, 1.165) is 38.9 Å². The SMILES string of the molecule is CNC1(CC(=O)CC2CCOCC2)CCCCC1. The molecule has 1 aliphatic heterocycles. The zero-order valence-corrected chi connectivity index (χ0v) is 11.7. The van der Waals surface area contributed by atoms with E-state index in [1.54, 1.807) is 0 Å². The smallest absolute Gasteiger partial charge is 0.135 e. The summed E-state index contributed by atoms with van der Waals surface area (Å²) in [5, 5.41) is 3.44. The summed E-state index contributed by atoms with van der Waals surface area (Å²) in [4.78, 5) is 12.3. The molecule has 0 atom stereocenters. The molecule has 2 aliphatic rings. The number of rotatable bonds is 5. The van der Waals surface area contributed by atoms with Gasteiger partial charge in [-0.15, -0.1) is 0 Å². The zero-order valence-electron chi connectivity index (χ0n) is 11.7. The Kier molecular flexibility index (Phi) is 5.19. The van der Waals surface area contributed by atoms with E-state index < -0.39 is 0 Å². The quantitative estimate of drug-likeness (QED) is 0.818. The van der Waals surface area contributed by atoms with Gasteiger partial charge in [-0.3, -0.25) is 4.79 Å². The van der Waals surface area contributed by atoms with Crippen molar-refractivity contribution in [1.29, 1.82) is 0 Å². The van der Waals surface area contributed by atoms with Crippen molar-refractivity contribution in [1.82, 2.24) is 5.32 Å². The molecule has 1 aliphatic carbocycles. The molecule has 0 amide bonds. The van der Waals surface area contributed by atoms with Crippen molar-refractivity contribution in [3.63, 3.8) is 0 Å². The van der Waals surface area contributed by atoms with Crippen molar-refractivity contribution >= 4 is 5.78 Å². The Bertz CT molecular complexity index is 266. The molecule has 0 aromatic heterocycles. The minimum absolute atomic E-state index is 0.112. The second-order valence-electron chi connectivity index (χ2n) is 6.07. The van der Waals surface area contributed by atoms with Crippen LogP contribution >= 0.6 is 0 Å². The number of Topliss-reactive ketones (excluding diaryl/α,β-unsaturated/α-hetero) is 1. The van der Waals surface area contributed by atoms with Gasteiger partial charge in [0.2, 0.25) is 0 Å². The lowest BCUT2D eigenvalue weighted by atomic mass is 9.77. The van der Waals surface area contributed by atoms with Crippen LogP contribution in [-0.2, 0) is 9.53 Å². The molecular formula is C15H27NO2. The molecular weight excluding hydrogens is 226 g/mol. The average Bonchev–Trinajstić information content (AvgIpc) is 2.41. The maximum atomic E-state index is 12.3. The molecule has 18 heavy (non-hydrogen) atoms. The van der Waals surface area contributed by atoms with Gasteiger partial charge in [-0.25, -0.2) is 0 Å². The molecule has 0 aromatic carbocycles. The van der Waals surface area contributed by atoms with E-state index in [0.29, 0.717) is 11.7 Å². The first kappa shape index (κ1) is 14.0. The first-order valence-corrected chi connectivity index (χ1v) is 7.52. The minimum Gasteiger partial charge on any atom is -0.381 e. The molecule has 0 bridgehead atoms. The highest BCUT2D eigenvalue weighted by Gasteiger charge is 2.33. The van der Waals surface area contributed by atoms with E-state index in [1.807, 2.05) is 7.05 Å². The number of ketones is 1. The Labute approximate surface area is 111 Å². The Morgan fingerprint density at radius 3 is 2.50 bits per heavy atom. The summed E-state index contributed by atoms with van der Waals surface area (Å²) in [6, 6.07) is 0. The maximum Gasteiger partial charge on any atom is 0.135 e. The van der Waals surface area contributed by atoms with Crippen LogP contribution in [0.1, 0.15) is 57.8 Å². The normalized spacial score (nSPS) is 24.9. The lowest BCUT2D eigenvalue weighted by Crippen LogP contribution is -2.46. The second kappa shape index (κ2) is 6.67. The van der Waals surface area contributed by atoms with Gasteiger partial charge in [0.15, 0.2) is 0 Å². The van der Waals surface area contributed by atoms with Gasteiger partial charge < -0.3 is 10.1 Å². The number of ether oxygens (including phenoxy) is 1. The summed E-state index contributed by atoms with van der Waals surface area (Å²) < 4.78 is 5.35. The third-order valence-electron chi connectivity index (χ3n) is 4.73. The summed E-state index contributed by atoms with van der Waals surface area (Å²) in [6.07, 6.45) is 9.85. The van der Waals surface area contributed by atoms with Crippen LogP contribution in [0.5, 0.6) is 0 Å². The van der Waals surface area contributed by atoms with Crippen LogP contribution in [-0.4, -0.2) is 31.6 Å². The van der Waals surface area contributed by atoms with Gasteiger partial charge in [-0.2, -0.15) is 0 Å². The number of hydrogen-bond acceptors (Lipinski definition) is 3. The Morgan fingerprint density at radius 1 is 1.22 bits per heavy atom. The number of carbonyl (C=O) groups excluding carboxylic acids is 1. The van der Waals surface area contributed by atoms with E-state index in [1.165, 1.54) is 32.1 Å². The fourth-order valence-corrected chi connectivity index (χ4v) is 3.47. The summed E-state index contributed by atoms with van der Waals surface area (Å²) >= 11 is 0. The van der Waals surface area contributed by atoms with Gasteiger partial charge in [0.1, 0.15) is 5.78 Å². The second-order valence-corrected chi connectivity index (χ2v) is 6.07. The monoisotopic (exact) mass is 253 g/mol. The van der Waals surface area contributed by atoms with Crippen molar-refractivity contribution in [3.05, 3.63) is 0 Å². The lowest BCUT2D eigenvalue weighted by Gasteiger charge is -2.37. The summed E-state index contributed by atoms with van der Waals surface area (Å²) in [6.45, 7) is 1.68. The minimum atomic E-state index is 0.112. The van der Waals surface area contributed by atoms with Crippen LogP contribution in [0.3, 0.4) is 0 Å². The third-order valence-corrected chi connectivity index (χ3v) is 4.73. The maximum absolute atomic E-state index is 12.3. The van der Waals surface area contributed by atoms with Crippen LogP contribution in [0.4, 0.5) is 0 Å². The standard InChI is InChI=1S/C15H27NO2/c1-16-15(7-3-2-4-8-15)12-14(17)11-13-5-9-18-10-6-13/h13,16H,2-12H2,1H3. The predicted octanol–water partition coefficient (Wildman–Crippen LogP) is 2.68. The first-order valence-electron chi connectivity index (χ1n) is 7.52. The van der Waals surface area contributed by atoms with Gasteiger partial charge in [-0.1, -0.05) is 19.3 Å². The van der Waals surface area contributed by atoms with Gasteiger partial charge in [0.05, 0.1) is 0 Å². The van der Waals surface area contributed by atoms with Crippen LogP contribution in [0.2, 0.25) is 0 Å². The van der Waals surface area contributed by atoms with E-state index in [9.17, 15) is 4.79 Å². The Balaban J connectivity index is 1.81. The van der Waals surface area contributed by atoms with Gasteiger partial charge in [0, 0.05) is 31.6 Å². The topological polar surface area (TPSA) is 38.3 Å². The van der Waals surface area contributed by atoms with Crippen molar-refractivity contribution in [3.8, 4) is 0 Å². The van der Waals surface area contributed by atoms with Crippen LogP contribution in [0.25, 0.3) is 0 Å². The molecule has 1 heterocycles. The van der Waals surface area contributed by atoms with Crippen molar-refractivity contribution in [2.45, 2.75) is 63.3 Å². The molecule has 3 nitrogen and oxygen atoms in total. The van der Waals surface area contributed by atoms with Crippen molar-refractivity contribution in [2.75, 3.05) is 20.3 Å². The molecule has 2 rings (SSSR count). The van der Waals surface area contributed by atoms with Crippen LogP contribution < -0.4 is 5.32 Å². The Morgan fingerprint density at radius 2 is 1.89 bits per heavy atom. The predicted molar refractivity (Wildman–Crippen MR) is 72.7 cm³/mol. The molecule has 0 radical (unpaired) electrons. The molecule has 0 unspecified atom stereocenters. The van der Waals surface area contributed by atoms with E-state index in [4.69, 9.17) is 4.74 Å². The number of nitrogens with one attached hydrogen (secondary N) is 1. The fourth-order valence-electron chi connectivity index (χ4n) is 3.47. The fraction of sp³-hybridized carbons (Fsp3) is 0.933. The summed E-state index contributed by atoms with van der Waals surface area (Å²) in [5.41, 5.74) is 0.112. The number of hydrogen-bond donors (Lipinski definition) is 1. The van der Waals surface area contributed by atoms with Crippen molar-refractivity contribution < 1.29 is 9.53 Å². The van der Waals surface area contributed by atoms with Gasteiger partial charge in [0.25, 0.3) is 0 Å². The summed E-state index contributed by atoms with van der Waals surface area (Å²) in [5.74, 6) is 1.03. The van der Waals surface area contributed by atoms with Gasteiger partial charge in [-0.05, 0) is 38.6 Å². The van der Waals surface area contributed by atoms with E-state index in [2.05, 4.69) is 5.32 Å². The Hall–Kier alpha value is -0.410. The molecule has 1 saturated heterocycles. The molecule has 0 spiro atoms. The highest BCUT2D eigenvalue weighted by Crippen LogP contribution is 2.32. The molecule has 2 fully saturated rings. The molecule has 1 N–H and O–H groups in total. The van der Waals surface area contributed by atoms with Crippen molar-refractivity contribution in [2.24, 2.45) is 5.92 Å². The highest BCUT2D eigenvalue weighted by molar-refractivity contribution is 5.79. The van der Waals surface area contributed by atoms with Gasteiger partial charge >= 0.3 is 0 Å². The largest absolute Gasteiger partial charge is 0.381 e. The summed E-state index contributed by atoms with van der Waals surface area (Å²) in [7, 11) is 2.02. The average molecular weight is 253 g/mol. The molecule has 0 aromatic rings. The number of carbonyl (C=O) groups is 1.